The standard InChI is InChI=1S/C15H23N3O5/c1-2-4-12-16-13(23-17-12)5-3-6-14(19)18-7-8-22-11(10-18)9-15(20)21/h11H,2-10H2,1H3,(H,20,21)/t11-/m0/s1. The second-order valence-corrected chi connectivity index (χ2v) is 5.64. The van der Waals surface area contributed by atoms with Crippen molar-refractivity contribution in [2.75, 3.05) is 19.7 Å². The summed E-state index contributed by atoms with van der Waals surface area (Å²) in [4.78, 5) is 28.8. The number of amides is 1. The first-order valence-electron chi connectivity index (χ1n) is 8.01. The molecule has 1 saturated heterocycles. The molecular formula is C15H23N3O5. The van der Waals surface area contributed by atoms with Crippen molar-refractivity contribution in [2.45, 2.75) is 51.6 Å². The minimum Gasteiger partial charge on any atom is -0.481 e. The predicted molar refractivity (Wildman–Crippen MR) is 79.8 cm³/mol. The zero-order chi connectivity index (χ0) is 16.7. The highest BCUT2D eigenvalue weighted by atomic mass is 16.5. The number of rotatable bonds is 8. The molecule has 0 radical (unpaired) electrons. The topological polar surface area (TPSA) is 106 Å². The molecule has 0 aliphatic carbocycles. The number of aromatic nitrogens is 2. The molecule has 0 bridgehead atoms. The van der Waals surface area contributed by atoms with Crippen molar-refractivity contribution in [3.05, 3.63) is 11.7 Å². The van der Waals surface area contributed by atoms with Crippen LogP contribution in [0.1, 0.15) is 44.3 Å². The molecule has 1 aromatic rings. The fraction of sp³-hybridized carbons (Fsp3) is 0.733. The average Bonchev–Trinajstić information content (AvgIpc) is 2.95. The number of hydrogen-bond donors (Lipinski definition) is 1. The van der Waals surface area contributed by atoms with Crippen LogP contribution in [0.15, 0.2) is 4.52 Å². The van der Waals surface area contributed by atoms with Crippen molar-refractivity contribution in [1.82, 2.24) is 15.0 Å². The first kappa shape index (κ1) is 17.4. The molecule has 1 atom stereocenters. The van der Waals surface area contributed by atoms with E-state index in [2.05, 4.69) is 17.1 Å². The molecule has 1 aromatic heterocycles. The lowest BCUT2D eigenvalue weighted by molar-refractivity contribution is -0.147. The summed E-state index contributed by atoms with van der Waals surface area (Å²) in [7, 11) is 0. The zero-order valence-corrected chi connectivity index (χ0v) is 13.4. The number of carboxylic acids is 1. The maximum absolute atomic E-state index is 12.2. The number of aliphatic carboxylic acids is 1. The Bertz CT molecular complexity index is 531. The van der Waals surface area contributed by atoms with Gasteiger partial charge in [-0.25, -0.2) is 0 Å². The molecular weight excluding hydrogens is 302 g/mol. The summed E-state index contributed by atoms with van der Waals surface area (Å²) in [6.45, 7) is 3.28. The quantitative estimate of drug-likeness (QED) is 0.761. The zero-order valence-electron chi connectivity index (χ0n) is 13.4. The van der Waals surface area contributed by atoms with Crippen molar-refractivity contribution in [2.24, 2.45) is 0 Å². The number of ether oxygens (including phenoxy) is 1. The lowest BCUT2D eigenvalue weighted by Gasteiger charge is -2.32. The summed E-state index contributed by atoms with van der Waals surface area (Å²) in [6.07, 6.45) is 2.85. The van der Waals surface area contributed by atoms with Gasteiger partial charge in [-0.3, -0.25) is 9.59 Å². The third kappa shape index (κ3) is 5.63. The normalized spacial score (nSPS) is 18.1. The van der Waals surface area contributed by atoms with E-state index in [4.69, 9.17) is 14.4 Å². The molecule has 1 fully saturated rings. The highest BCUT2D eigenvalue weighted by molar-refractivity contribution is 5.76. The van der Waals surface area contributed by atoms with E-state index in [-0.39, 0.29) is 12.3 Å². The molecule has 8 heteroatoms. The Balaban J connectivity index is 1.72. The number of aryl methyl sites for hydroxylation is 2. The molecule has 128 valence electrons. The Kier molecular flexibility index (Phi) is 6.52. The summed E-state index contributed by atoms with van der Waals surface area (Å²) in [6, 6.07) is 0. The van der Waals surface area contributed by atoms with Gasteiger partial charge in [0.05, 0.1) is 19.1 Å². The Morgan fingerprint density at radius 2 is 2.22 bits per heavy atom. The molecule has 0 spiro atoms. The molecule has 0 unspecified atom stereocenters. The van der Waals surface area contributed by atoms with Gasteiger partial charge in [0, 0.05) is 32.4 Å². The van der Waals surface area contributed by atoms with E-state index >= 15 is 0 Å². The van der Waals surface area contributed by atoms with E-state index in [0.717, 1.165) is 12.8 Å². The SMILES string of the molecule is CCCc1noc(CCCC(=O)N2CCO[C@@H](CC(=O)O)C2)n1. The van der Waals surface area contributed by atoms with Crippen molar-refractivity contribution < 1.29 is 24.0 Å². The molecule has 0 aromatic carbocycles. The molecule has 23 heavy (non-hydrogen) atoms. The highest BCUT2D eigenvalue weighted by Crippen LogP contribution is 2.12. The van der Waals surface area contributed by atoms with Crippen LogP contribution in [0.4, 0.5) is 0 Å². The van der Waals surface area contributed by atoms with Crippen molar-refractivity contribution in [1.29, 1.82) is 0 Å². The van der Waals surface area contributed by atoms with Gasteiger partial charge in [0.15, 0.2) is 5.82 Å². The van der Waals surface area contributed by atoms with E-state index in [9.17, 15) is 9.59 Å². The molecule has 1 aliphatic heterocycles. The van der Waals surface area contributed by atoms with Gasteiger partial charge < -0.3 is 19.3 Å². The van der Waals surface area contributed by atoms with Gasteiger partial charge in [0.1, 0.15) is 0 Å². The summed E-state index contributed by atoms with van der Waals surface area (Å²) >= 11 is 0. The maximum Gasteiger partial charge on any atom is 0.306 e. The third-order valence-electron chi connectivity index (χ3n) is 3.66. The molecule has 0 saturated carbocycles. The van der Waals surface area contributed by atoms with Crippen molar-refractivity contribution in [3.8, 4) is 0 Å². The number of carbonyl (C=O) groups excluding carboxylic acids is 1. The molecule has 8 nitrogen and oxygen atoms in total. The van der Waals surface area contributed by atoms with Crippen LogP contribution in [0, 0.1) is 0 Å². The van der Waals surface area contributed by atoms with E-state index in [1.54, 1.807) is 4.90 Å². The second kappa shape index (κ2) is 8.61. The van der Waals surface area contributed by atoms with Crippen LogP contribution in [0.3, 0.4) is 0 Å². The number of hydrogen-bond acceptors (Lipinski definition) is 6. The second-order valence-electron chi connectivity index (χ2n) is 5.64. The smallest absolute Gasteiger partial charge is 0.306 e. The minimum atomic E-state index is -0.913. The van der Waals surface area contributed by atoms with Crippen LogP contribution in [0.2, 0.25) is 0 Å². The van der Waals surface area contributed by atoms with Crippen molar-refractivity contribution >= 4 is 11.9 Å². The van der Waals surface area contributed by atoms with Crippen LogP contribution in [0.5, 0.6) is 0 Å². The Morgan fingerprint density at radius 3 is 2.96 bits per heavy atom. The molecule has 1 aliphatic rings. The van der Waals surface area contributed by atoms with Gasteiger partial charge in [-0.05, 0) is 12.8 Å². The lowest BCUT2D eigenvalue weighted by Crippen LogP contribution is -2.46. The van der Waals surface area contributed by atoms with Crippen LogP contribution < -0.4 is 0 Å². The third-order valence-corrected chi connectivity index (χ3v) is 3.66. The Labute approximate surface area is 134 Å². The van der Waals surface area contributed by atoms with Gasteiger partial charge in [-0.15, -0.1) is 0 Å². The predicted octanol–water partition coefficient (Wildman–Crippen LogP) is 1.05. The molecule has 2 heterocycles. The molecule has 1 N–H and O–H groups in total. The number of carboxylic acid groups (broad SMARTS) is 1. The Morgan fingerprint density at radius 1 is 1.39 bits per heavy atom. The maximum atomic E-state index is 12.2. The largest absolute Gasteiger partial charge is 0.481 e. The summed E-state index contributed by atoms with van der Waals surface area (Å²) in [5.74, 6) is 0.367. The average molecular weight is 325 g/mol. The van der Waals surface area contributed by atoms with Crippen LogP contribution in [0.25, 0.3) is 0 Å². The van der Waals surface area contributed by atoms with Gasteiger partial charge in [-0.2, -0.15) is 4.98 Å². The van der Waals surface area contributed by atoms with Crippen molar-refractivity contribution in [3.63, 3.8) is 0 Å². The van der Waals surface area contributed by atoms with Gasteiger partial charge in [0.2, 0.25) is 11.8 Å². The van der Waals surface area contributed by atoms with Crippen LogP contribution in [-0.4, -0.2) is 57.8 Å². The first-order chi connectivity index (χ1) is 11.1. The molecule has 2 rings (SSSR count). The minimum absolute atomic E-state index is 0.0111. The van der Waals surface area contributed by atoms with Gasteiger partial charge in [0.25, 0.3) is 0 Å². The van der Waals surface area contributed by atoms with Gasteiger partial charge >= 0.3 is 5.97 Å². The van der Waals surface area contributed by atoms with E-state index in [1.165, 1.54) is 0 Å². The lowest BCUT2D eigenvalue weighted by atomic mass is 10.1. The van der Waals surface area contributed by atoms with E-state index in [0.29, 0.717) is 50.7 Å². The Hall–Kier alpha value is -1.96. The monoisotopic (exact) mass is 325 g/mol. The summed E-state index contributed by atoms with van der Waals surface area (Å²) < 4.78 is 10.5. The van der Waals surface area contributed by atoms with E-state index in [1.807, 2.05) is 0 Å². The van der Waals surface area contributed by atoms with Gasteiger partial charge in [-0.1, -0.05) is 12.1 Å². The molecule has 1 amide bonds. The number of carbonyl (C=O) groups is 2. The summed E-state index contributed by atoms with van der Waals surface area (Å²) in [5.41, 5.74) is 0. The first-order valence-corrected chi connectivity index (χ1v) is 8.01. The van der Waals surface area contributed by atoms with Crippen LogP contribution >= 0.6 is 0 Å². The number of nitrogens with zero attached hydrogens (tertiary/aromatic N) is 3. The highest BCUT2D eigenvalue weighted by Gasteiger charge is 2.25. The number of morpholine rings is 1. The van der Waals surface area contributed by atoms with E-state index < -0.39 is 12.1 Å². The summed E-state index contributed by atoms with van der Waals surface area (Å²) in [5, 5.41) is 12.7. The van der Waals surface area contributed by atoms with Crippen LogP contribution in [-0.2, 0) is 27.2 Å². The fourth-order valence-corrected chi connectivity index (χ4v) is 2.53. The fourth-order valence-electron chi connectivity index (χ4n) is 2.53.